The van der Waals surface area contributed by atoms with E-state index in [9.17, 15) is 9.59 Å². The van der Waals surface area contributed by atoms with E-state index in [2.05, 4.69) is 10.3 Å². The maximum atomic E-state index is 12.9. The number of likely N-dealkylation sites (N-methyl/N-ethyl adjacent to an activating group) is 1. The van der Waals surface area contributed by atoms with E-state index in [0.29, 0.717) is 67.2 Å². The highest BCUT2D eigenvalue weighted by Crippen LogP contribution is 2.28. The summed E-state index contributed by atoms with van der Waals surface area (Å²) in [6.45, 7) is 7.55. The summed E-state index contributed by atoms with van der Waals surface area (Å²) >= 11 is 6.31. The minimum absolute atomic E-state index is 0.0916. The number of hydrogen-bond donors (Lipinski definition) is 1. The van der Waals surface area contributed by atoms with Crippen molar-refractivity contribution in [2.45, 2.75) is 13.8 Å². The van der Waals surface area contributed by atoms with Gasteiger partial charge < -0.3 is 24.6 Å². The molecule has 3 rings (SSSR count). The number of rotatable bonds is 8. The summed E-state index contributed by atoms with van der Waals surface area (Å²) in [4.78, 5) is 33.1. The number of ether oxygens (including phenoxy) is 2. The van der Waals surface area contributed by atoms with E-state index < -0.39 is 0 Å². The van der Waals surface area contributed by atoms with Crippen molar-refractivity contribution in [3.63, 3.8) is 0 Å². The van der Waals surface area contributed by atoms with Gasteiger partial charge in [-0.15, -0.1) is 0 Å². The highest BCUT2D eigenvalue weighted by atomic mass is 35.5. The van der Waals surface area contributed by atoms with Crippen molar-refractivity contribution in [2.24, 2.45) is 0 Å². The molecule has 1 aromatic heterocycles. The van der Waals surface area contributed by atoms with Crippen molar-refractivity contribution in [2.75, 3.05) is 56.2 Å². The number of pyridine rings is 1. The zero-order chi connectivity index (χ0) is 22.2. The second kappa shape index (κ2) is 11.0. The Balaban J connectivity index is 1.66. The van der Waals surface area contributed by atoms with Crippen LogP contribution in [-0.2, 0) is 9.53 Å². The van der Waals surface area contributed by atoms with Gasteiger partial charge in [-0.05, 0) is 44.2 Å². The van der Waals surface area contributed by atoms with Crippen LogP contribution in [0.3, 0.4) is 0 Å². The standard InChI is InChI=1S/C22H27ClN4O4/c1-3-26(4-2)20(28)15-31-19-8-7-16(14-18(19)23)25-22(29)17-6-5-9-24-21(17)27-10-12-30-13-11-27/h5-9,14H,3-4,10-13,15H2,1-2H3,(H,25,29). The molecule has 1 aliphatic heterocycles. The molecule has 0 spiro atoms. The van der Waals surface area contributed by atoms with Gasteiger partial charge in [-0.2, -0.15) is 0 Å². The van der Waals surface area contributed by atoms with Gasteiger partial charge in [0.2, 0.25) is 0 Å². The van der Waals surface area contributed by atoms with Gasteiger partial charge in [0, 0.05) is 38.1 Å². The molecule has 0 saturated carbocycles. The average molecular weight is 447 g/mol. The molecular weight excluding hydrogens is 420 g/mol. The first-order valence-electron chi connectivity index (χ1n) is 10.3. The number of benzene rings is 1. The summed E-state index contributed by atoms with van der Waals surface area (Å²) in [5, 5.41) is 3.17. The molecule has 8 nitrogen and oxygen atoms in total. The summed E-state index contributed by atoms with van der Waals surface area (Å²) in [6.07, 6.45) is 1.67. The number of nitrogens with zero attached hydrogens (tertiary/aromatic N) is 3. The van der Waals surface area contributed by atoms with Gasteiger partial charge in [0.05, 0.1) is 23.8 Å². The third-order valence-electron chi connectivity index (χ3n) is 5.00. The fraction of sp³-hybridized carbons (Fsp3) is 0.409. The van der Waals surface area contributed by atoms with E-state index in [1.165, 1.54) is 0 Å². The highest BCUT2D eigenvalue weighted by molar-refractivity contribution is 6.32. The fourth-order valence-electron chi connectivity index (χ4n) is 3.30. The fourth-order valence-corrected chi connectivity index (χ4v) is 3.54. The summed E-state index contributed by atoms with van der Waals surface area (Å²) in [5.41, 5.74) is 1.000. The van der Waals surface area contributed by atoms with Crippen LogP contribution in [0.15, 0.2) is 36.5 Å². The monoisotopic (exact) mass is 446 g/mol. The van der Waals surface area contributed by atoms with Crippen molar-refractivity contribution >= 4 is 34.9 Å². The van der Waals surface area contributed by atoms with Crippen molar-refractivity contribution in [3.05, 3.63) is 47.1 Å². The van der Waals surface area contributed by atoms with E-state index in [4.69, 9.17) is 21.1 Å². The Hall–Kier alpha value is -2.84. The molecule has 1 fully saturated rings. The van der Waals surface area contributed by atoms with E-state index in [1.54, 1.807) is 41.4 Å². The van der Waals surface area contributed by atoms with Crippen LogP contribution in [0.1, 0.15) is 24.2 Å². The molecule has 31 heavy (non-hydrogen) atoms. The Morgan fingerprint density at radius 2 is 1.97 bits per heavy atom. The molecule has 166 valence electrons. The van der Waals surface area contributed by atoms with E-state index in [-0.39, 0.29) is 18.4 Å². The Labute approximate surface area is 187 Å². The normalized spacial score (nSPS) is 13.6. The summed E-state index contributed by atoms with van der Waals surface area (Å²) in [5.74, 6) is 0.626. The van der Waals surface area contributed by atoms with Gasteiger partial charge >= 0.3 is 0 Å². The first-order chi connectivity index (χ1) is 15.0. The zero-order valence-corrected chi connectivity index (χ0v) is 18.5. The molecular formula is C22H27ClN4O4. The van der Waals surface area contributed by atoms with Crippen LogP contribution in [0.4, 0.5) is 11.5 Å². The number of aromatic nitrogens is 1. The minimum atomic E-state index is -0.281. The summed E-state index contributed by atoms with van der Waals surface area (Å²) in [7, 11) is 0. The van der Waals surface area contributed by atoms with Gasteiger partial charge in [-0.3, -0.25) is 9.59 Å². The molecule has 0 bridgehead atoms. The molecule has 1 saturated heterocycles. The number of morpholine rings is 1. The molecule has 1 aliphatic rings. The quantitative estimate of drug-likeness (QED) is 0.670. The molecule has 0 aliphatic carbocycles. The van der Waals surface area contributed by atoms with Crippen molar-refractivity contribution in [3.8, 4) is 5.75 Å². The molecule has 2 aromatic rings. The highest BCUT2D eigenvalue weighted by Gasteiger charge is 2.20. The van der Waals surface area contributed by atoms with Crippen molar-refractivity contribution < 1.29 is 19.1 Å². The molecule has 1 aromatic carbocycles. The first kappa shape index (κ1) is 22.8. The number of hydrogen-bond acceptors (Lipinski definition) is 6. The van der Waals surface area contributed by atoms with E-state index >= 15 is 0 Å². The number of nitrogens with one attached hydrogen (secondary N) is 1. The Kier molecular flexibility index (Phi) is 8.08. The lowest BCUT2D eigenvalue weighted by Gasteiger charge is -2.29. The molecule has 2 amide bonds. The van der Waals surface area contributed by atoms with Crippen LogP contribution >= 0.6 is 11.6 Å². The molecule has 9 heteroatoms. The lowest BCUT2D eigenvalue weighted by molar-refractivity contribution is -0.132. The summed E-state index contributed by atoms with van der Waals surface area (Å²) in [6, 6.07) is 8.40. The Bertz CT molecular complexity index is 914. The van der Waals surface area contributed by atoms with E-state index in [0.717, 1.165) is 0 Å². The Morgan fingerprint density at radius 3 is 2.65 bits per heavy atom. The van der Waals surface area contributed by atoms with E-state index in [1.807, 2.05) is 18.7 Å². The third-order valence-corrected chi connectivity index (χ3v) is 5.29. The number of halogens is 1. The maximum Gasteiger partial charge on any atom is 0.260 e. The SMILES string of the molecule is CCN(CC)C(=O)COc1ccc(NC(=O)c2cccnc2N2CCOCC2)cc1Cl. The Morgan fingerprint density at radius 1 is 1.23 bits per heavy atom. The predicted octanol–water partition coefficient (Wildman–Crippen LogP) is 3.07. The lowest BCUT2D eigenvalue weighted by atomic mass is 10.2. The molecule has 0 unspecified atom stereocenters. The van der Waals surface area contributed by atoms with Crippen LogP contribution in [0.2, 0.25) is 5.02 Å². The molecule has 0 atom stereocenters. The smallest absolute Gasteiger partial charge is 0.260 e. The number of carbonyl (C=O) groups excluding carboxylic acids is 2. The van der Waals surface area contributed by atoms with Gasteiger partial charge in [0.25, 0.3) is 11.8 Å². The lowest BCUT2D eigenvalue weighted by Crippen LogP contribution is -2.38. The van der Waals surface area contributed by atoms with Crippen molar-refractivity contribution in [1.29, 1.82) is 0 Å². The second-order valence-electron chi connectivity index (χ2n) is 6.93. The summed E-state index contributed by atoms with van der Waals surface area (Å²) < 4.78 is 10.9. The second-order valence-corrected chi connectivity index (χ2v) is 7.34. The van der Waals surface area contributed by atoms with Crippen LogP contribution in [0.25, 0.3) is 0 Å². The average Bonchev–Trinajstić information content (AvgIpc) is 2.80. The molecule has 0 radical (unpaired) electrons. The first-order valence-corrected chi connectivity index (χ1v) is 10.7. The van der Waals surface area contributed by atoms with Gasteiger partial charge in [0.1, 0.15) is 11.6 Å². The number of amides is 2. The molecule has 1 N–H and O–H groups in total. The zero-order valence-electron chi connectivity index (χ0n) is 17.8. The van der Waals surface area contributed by atoms with Gasteiger partial charge in [0.15, 0.2) is 6.61 Å². The van der Waals surface area contributed by atoms with Gasteiger partial charge in [-0.25, -0.2) is 4.98 Å². The number of carbonyl (C=O) groups is 2. The predicted molar refractivity (Wildman–Crippen MR) is 120 cm³/mol. The van der Waals surface area contributed by atoms with Gasteiger partial charge in [-0.1, -0.05) is 11.6 Å². The number of anilines is 2. The maximum absolute atomic E-state index is 12.9. The van der Waals surface area contributed by atoms with Crippen LogP contribution in [-0.4, -0.2) is 67.7 Å². The van der Waals surface area contributed by atoms with Crippen LogP contribution in [0, 0.1) is 0 Å². The minimum Gasteiger partial charge on any atom is -0.482 e. The van der Waals surface area contributed by atoms with Crippen molar-refractivity contribution in [1.82, 2.24) is 9.88 Å². The van der Waals surface area contributed by atoms with Crippen LogP contribution in [0.5, 0.6) is 5.75 Å². The topological polar surface area (TPSA) is 84.0 Å². The third kappa shape index (κ3) is 5.86. The largest absolute Gasteiger partial charge is 0.482 e. The molecule has 2 heterocycles. The van der Waals surface area contributed by atoms with Crippen LogP contribution < -0.4 is 15.0 Å².